The molecule has 0 unspecified atom stereocenters. The number of nitrogens with zero attached hydrogens (tertiary/aromatic N) is 4. The number of para-hydroxylation sites is 1. The molecule has 6 nitrogen and oxygen atoms in total. The fourth-order valence-electron chi connectivity index (χ4n) is 1.99. The van der Waals surface area contributed by atoms with Crippen LogP contribution in [-0.2, 0) is 6.54 Å². The lowest BCUT2D eigenvalue weighted by molar-refractivity contribution is 0.863. The maximum atomic E-state index is 5.88. The molecule has 21 heavy (non-hydrogen) atoms. The van der Waals surface area contributed by atoms with E-state index < -0.39 is 0 Å². The highest BCUT2D eigenvalue weighted by molar-refractivity contribution is 6.32. The molecular formula is C14H13ClN6. The fraction of sp³-hybridized carbons (Fsp3) is 0.0714. The van der Waals surface area contributed by atoms with Gasteiger partial charge in [0.2, 0.25) is 0 Å². The summed E-state index contributed by atoms with van der Waals surface area (Å²) in [5.74, 6) is 0.519. The van der Waals surface area contributed by atoms with Crippen molar-refractivity contribution in [2.75, 3.05) is 11.1 Å². The van der Waals surface area contributed by atoms with Crippen LogP contribution in [0.4, 0.5) is 11.5 Å². The summed E-state index contributed by atoms with van der Waals surface area (Å²) in [7, 11) is 0. The SMILES string of the molecule is Nc1c(Cl)ncnc1NCc1ccccc1-n1cccn1. The molecule has 106 valence electrons. The maximum absolute atomic E-state index is 5.88. The topological polar surface area (TPSA) is 81.6 Å². The van der Waals surface area contributed by atoms with Crippen molar-refractivity contribution >= 4 is 23.1 Å². The Morgan fingerprint density at radius 2 is 2.05 bits per heavy atom. The molecule has 0 atom stereocenters. The molecule has 0 bridgehead atoms. The van der Waals surface area contributed by atoms with Crippen LogP contribution in [0, 0.1) is 0 Å². The van der Waals surface area contributed by atoms with Crippen LogP contribution in [0.5, 0.6) is 0 Å². The number of anilines is 2. The Kier molecular flexibility index (Phi) is 3.70. The predicted molar refractivity (Wildman–Crippen MR) is 82.3 cm³/mol. The van der Waals surface area contributed by atoms with Crippen molar-refractivity contribution in [2.45, 2.75) is 6.54 Å². The van der Waals surface area contributed by atoms with Crippen molar-refractivity contribution in [3.8, 4) is 5.69 Å². The molecule has 0 radical (unpaired) electrons. The largest absolute Gasteiger partial charge is 0.393 e. The number of nitrogen functional groups attached to an aromatic ring is 1. The second-order valence-electron chi connectivity index (χ2n) is 4.36. The van der Waals surface area contributed by atoms with E-state index in [9.17, 15) is 0 Å². The van der Waals surface area contributed by atoms with Crippen molar-refractivity contribution in [1.29, 1.82) is 0 Å². The summed E-state index contributed by atoms with van der Waals surface area (Å²) in [6.07, 6.45) is 5.02. The molecule has 0 amide bonds. The van der Waals surface area contributed by atoms with Gasteiger partial charge in [-0.1, -0.05) is 29.8 Å². The molecule has 0 aliphatic carbocycles. The first-order chi connectivity index (χ1) is 10.3. The number of halogens is 1. The van der Waals surface area contributed by atoms with E-state index >= 15 is 0 Å². The number of hydrogen-bond acceptors (Lipinski definition) is 5. The van der Waals surface area contributed by atoms with Gasteiger partial charge in [0.25, 0.3) is 0 Å². The van der Waals surface area contributed by atoms with Crippen molar-refractivity contribution in [1.82, 2.24) is 19.7 Å². The first-order valence-electron chi connectivity index (χ1n) is 6.33. The van der Waals surface area contributed by atoms with Gasteiger partial charge in [0.05, 0.1) is 5.69 Å². The van der Waals surface area contributed by atoms with Gasteiger partial charge in [0.15, 0.2) is 11.0 Å². The number of benzene rings is 1. The predicted octanol–water partition coefficient (Wildman–Crippen LogP) is 2.51. The Morgan fingerprint density at radius 3 is 2.86 bits per heavy atom. The van der Waals surface area contributed by atoms with Crippen LogP contribution in [0.1, 0.15) is 5.56 Å². The van der Waals surface area contributed by atoms with Crippen LogP contribution in [0.2, 0.25) is 5.15 Å². The molecule has 2 aromatic heterocycles. The monoisotopic (exact) mass is 300 g/mol. The minimum absolute atomic E-state index is 0.243. The van der Waals surface area contributed by atoms with Crippen molar-refractivity contribution in [3.05, 3.63) is 59.8 Å². The average molecular weight is 301 g/mol. The van der Waals surface area contributed by atoms with E-state index in [0.29, 0.717) is 18.1 Å². The Bertz CT molecular complexity index is 741. The van der Waals surface area contributed by atoms with E-state index in [1.165, 1.54) is 6.33 Å². The number of nitrogens with two attached hydrogens (primary N) is 1. The molecule has 0 aliphatic heterocycles. The average Bonchev–Trinajstić information content (AvgIpc) is 3.03. The van der Waals surface area contributed by atoms with E-state index in [-0.39, 0.29) is 5.15 Å². The van der Waals surface area contributed by atoms with Crippen molar-refractivity contribution in [2.24, 2.45) is 0 Å². The van der Waals surface area contributed by atoms with Gasteiger partial charge in [-0.15, -0.1) is 0 Å². The first kappa shape index (κ1) is 13.4. The quantitative estimate of drug-likeness (QED) is 0.724. The van der Waals surface area contributed by atoms with E-state index in [1.807, 2.05) is 41.2 Å². The lowest BCUT2D eigenvalue weighted by atomic mass is 10.2. The Balaban J connectivity index is 1.85. The molecule has 0 spiro atoms. The van der Waals surface area contributed by atoms with Crippen molar-refractivity contribution < 1.29 is 0 Å². The Labute approximate surface area is 126 Å². The fourth-order valence-corrected chi connectivity index (χ4v) is 2.12. The van der Waals surface area contributed by atoms with Crippen LogP contribution >= 0.6 is 11.6 Å². The molecule has 3 rings (SSSR count). The van der Waals surface area contributed by atoms with E-state index in [4.69, 9.17) is 17.3 Å². The number of aromatic nitrogens is 4. The molecule has 1 aromatic carbocycles. The third-order valence-corrected chi connectivity index (χ3v) is 3.33. The zero-order valence-corrected chi connectivity index (χ0v) is 11.8. The van der Waals surface area contributed by atoms with E-state index in [1.54, 1.807) is 6.20 Å². The molecular weight excluding hydrogens is 288 g/mol. The van der Waals surface area contributed by atoms with Gasteiger partial charge in [-0.2, -0.15) is 5.10 Å². The summed E-state index contributed by atoms with van der Waals surface area (Å²) >= 11 is 5.88. The van der Waals surface area contributed by atoms with Crippen molar-refractivity contribution in [3.63, 3.8) is 0 Å². The lowest BCUT2D eigenvalue weighted by Gasteiger charge is -2.12. The minimum Gasteiger partial charge on any atom is -0.393 e. The normalized spacial score (nSPS) is 10.5. The summed E-state index contributed by atoms with van der Waals surface area (Å²) in [6, 6.07) is 9.84. The van der Waals surface area contributed by atoms with Gasteiger partial charge in [-0.3, -0.25) is 0 Å². The maximum Gasteiger partial charge on any atom is 0.157 e. The number of rotatable bonds is 4. The number of nitrogens with one attached hydrogen (secondary N) is 1. The molecule has 2 heterocycles. The third-order valence-electron chi connectivity index (χ3n) is 3.02. The highest BCUT2D eigenvalue weighted by Gasteiger charge is 2.08. The summed E-state index contributed by atoms with van der Waals surface area (Å²) in [5, 5.41) is 7.67. The van der Waals surface area contributed by atoms with E-state index in [2.05, 4.69) is 20.4 Å². The minimum atomic E-state index is 0.243. The highest BCUT2D eigenvalue weighted by Crippen LogP contribution is 2.23. The number of hydrogen-bond donors (Lipinski definition) is 2. The smallest absolute Gasteiger partial charge is 0.157 e. The second-order valence-corrected chi connectivity index (χ2v) is 4.72. The van der Waals surface area contributed by atoms with Crippen LogP contribution in [0.3, 0.4) is 0 Å². The Morgan fingerprint density at radius 1 is 1.19 bits per heavy atom. The standard InChI is InChI=1S/C14H13ClN6/c15-13-12(16)14(19-9-18-13)17-8-10-4-1-2-5-11(10)21-7-3-6-20-21/h1-7,9H,8,16H2,(H,17,18,19). The highest BCUT2D eigenvalue weighted by atomic mass is 35.5. The van der Waals surface area contributed by atoms with Gasteiger partial charge in [0.1, 0.15) is 12.0 Å². The van der Waals surface area contributed by atoms with Crippen LogP contribution in [-0.4, -0.2) is 19.7 Å². The molecule has 3 N–H and O–H groups in total. The molecule has 0 saturated heterocycles. The van der Waals surface area contributed by atoms with E-state index in [0.717, 1.165) is 11.3 Å². The zero-order chi connectivity index (χ0) is 14.7. The van der Waals surface area contributed by atoms with Gasteiger partial charge in [0, 0.05) is 18.9 Å². The molecule has 7 heteroatoms. The molecule has 0 aliphatic rings. The summed E-state index contributed by atoms with van der Waals surface area (Å²) in [4.78, 5) is 7.92. The summed E-state index contributed by atoms with van der Waals surface area (Å²) in [6.45, 7) is 0.549. The first-order valence-corrected chi connectivity index (χ1v) is 6.71. The van der Waals surface area contributed by atoms with Gasteiger partial charge in [-0.25, -0.2) is 14.6 Å². The van der Waals surface area contributed by atoms with Crippen LogP contribution < -0.4 is 11.1 Å². The van der Waals surface area contributed by atoms with Gasteiger partial charge < -0.3 is 11.1 Å². The zero-order valence-electron chi connectivity index (χ0n) is 11.1. The Hall–Kier alpha value is -2.60. The summed E-state index contributed by atoms with van der Waals surface area (Å²) in [5.41, 5.74) is 8.24. The molecule has 3 aromatic rings. The van der Waals surface area contributed by atoms with Crippen LogP contribution in [0.15, 0.2) is 49.1 Å². The molecule has 0 saturated carbocycles. The second kappa shape index (κ2) is 5.80. The third kappa shape index (κ3) is 2.80. The van der Waals surface area contributed by atoms with Crippen LogP contribution in [0.25, 0.3) is 5.69 Å². The van der Waals surface area contributed by atoms with Gasteiger partial charge in [-0.05, 0) is 17.7 Å². The molecule has 0 fully saturated rings. The van der Waals surface area contributed by atoms with Gasteiger partial charge >= 0.3 is 0 Å². The lowest BCUT2D eigenvalue weighted by Crippen LogP contribution is -2.08. The summed E-state index contributed by atoms with van der Waals surface area (Å²) < 4.78 is 1.81.